The van der Waals surface area contributed by atoms with Gasteiger partial charge in [0, 0.05) is 24.3 Å². The third-order valence-electron chi connectivity index (χ3n) is 5.38. The van der Waals surface area contributed by atoms with Crippen LogP contribution >= 0.6 is 0 Å². The number of benzene rings is 1. The number of aromatic nitrogens is 1. The SMILES string of the molecule is CCCOCCOC(=O)c1[nH]c2c(c1C)C(=O)C[C@@H](c1ccc(OC)c(OC)c1)C2. The molecule has 0 saturated carbocycles. The highest BCUT2D eigenvalue weighted by Crippen LogP contribution is 2.38. The summed E-state index contributed by atoms with van der Waals surface area (Å²) >= 11 is 0. The van der Waals surface area contributed by atoms with Crippen LogP contribution in [0, 0.1) is 6.92 Å². The van der Waals surface area contributed by atoms with Crippen LogP contribution < -0.4 is 9.47 Å². The summed E-state index contributed by atoms with van der Waals surface area (Å²) in [5.41, 5.74) is 3.38. The van der Waals surface area contributed by atoms with Gasteiger partial charge in [0.2, 0.25) is 0 Å². The molecule has 1 aromatic heterocycles. The van der Waals surface area contributed by atoms with Crippen LogP contribution in [0.25, 0.3) is 0 Å². The summed E-state index contributed by atoms with van der Waals surface area (Å²) in [4.78, 5) is 28.5. The smallest absolute Gasteiger partial charge is 0.355 e. The van der Waals surface area contributed by atoms with Crippen LogP contribution in [0.4, 0.5) is 0 Å². The van der Waals surface area contributed by atoms with Crippen molar-refractivity contribution in [3.8, 4) is 11.5 Å². The van der Waals surface area contributed by atoms with Crippen molar-refractivity contribution in [1.82, 2.24) is 4.98 Å². The minimum atomic E-state index is -0.461. The van der Waals surface area contributed by atoms with Crippen LogP contribution in [0.2, 0.25) is 0 Å². The Morgan fingerprint density at radius 3 is 2.57 bits per heavy atom. The van der Waals surface area contributed by atoms with E-state index in [9.17, 15) is 9.59 Å². The van der Waals surface area contributed by atoms with Crippen molar-refractivity contribution in [2.24, 2.45) is 0 Å². The van der Waals surface area contributed by atoms with Crippen LogP contribution in [-0.2, 0) is 15.9 Å². The average molecular weight is 415 g/mol. The Kier molecular flexibility index (Phi) is 7.15. The first-order valence-corrected chi connectivity index (χ1v) is 10.2. The molecule has 3 rings (SSSR count). The van der Waals surface area contributed by atoms with Gasteiger partial charge in [-0.05, 0) is 48.9 Å². The number of hydrogen-bond acceptors (Lipinski definition) is 6. The van der Waals surface area contributed by atoms with E-state index in [0.717, 1.165) is 17.7 Å². The number of nitrogens with one attached hydrogen (secondary N) is 1. The Bertz CT molecular complexity index is 917. The Labute approximate surface area is 176 Å². The number of ketones is 1. The van der Waals surface area contributed by atoms with Gasteiger partial charge in [0.05, 0.1) is 20.8 Å². The number of fused-ring (bicyclic) bond motifs is 1. The van der Waals surface area contributed by atoms with E-state index >= 15 is 0 Å². The quantitative estimate of drug-likeness (QED) is 0.495. The Balaban J connectivity index is 1.76. The lowest BCUT2D eigenvalue weighted by Crippen LogP contribution is -2.18. The molecular weight excluding hydrogens is 386 g/mol. The fraction of sp³-hybridized carbons (Fsp3) is 0.478. The summed E-state index contributed by atoms with van der Waals surface area (Å²) in [5, 5.41) is 0. The normalized spacial score (nSPS) is 15.6. The van der Waals surface area contributed by atoms with Gasteiger partial charge in [-0.15, -0.1) is 0 Å². The largest absolute Gasteiger partial charge is 0.493 e. The van der Waals surface area contributed by atoms with Gasteiger partial charge in [-0.25, -0.2) is 4.79 Å². The van der Waals surface area contributed by atoms with Gasteiger partial charge in [-0.3, -0.25) is 4.79 Å². The van der Waals surface area contributed by atoms with Crippen molar-refractivity contribution in [1.29, 1.82) is 0 Å². The number of H-pyrrole nitrogens is 1. The van der Waals surface area contributed by atoms with Crippen LogP contribution in [-0.4, -0.2) is 50.8 Å². The highest BCUT2D eigenvalue weighted by molar-refractivity contribution is 6.03. The summed E-state index contributed by atoms with van der Waals surface area (Å²) in [6.07, 6.45) is 1.92. The lowest BCUT2D eigenvalue weighted by Gasteiger charge is -2.23. The lowest BCUT2D eigenvalue weighted by molar-refractivity contribution is 0.0312. The minimum Gasteiger partial charge on any atom is -0.493 e. The molecule has 0 radical (unpaired) electrons. The topological polar surface area (TPSA) is 86.9 Å². The molecule has 30 heavy (non-hydrogen) atoms. The van der Waals surface area contributed by atoms with Gasteiger partial charge >= 0.3 is 5.97 Å². The first-order chi connectivity index (χ1) is 14.5. The van der Waals surface area contributed by atoms with E-state index in [1.54, 1.807) is 21.1 Å². The highest BCUT2D eigenvalue weighted by atomic mass is 16.6. The fourth-order valence-electron chi connectivity index (χ4n) is 3.89. The summed E-state index contributed by atoms with van der Waals surface area (Å²) in [5.74, 6) is 0.833. The number of ether oxygens (including phenoxy) is 4. The molecule has 1 N–H and O–H groups in total. The zero-order valence-corrected chi connectivity index (χ0v) is 18.0. The Hall–Kier alpha value is -2.80. The standard InChI is InChI=1S/C23H29NO6/c1-5-8-29-9-10-30-23(26)22-14(2)21-17(24-22)11-16(12-18(21)25)15-6-7-19(27-3)20(13-15)28-4/h6-7,13,16,24H,5,8-12H2,1-4H3/t16-/m0/s1. The fourth-order valence-corrected chi connectivity index (χ4v) is 3.89. The van der Waals surface area contributed by atoms with Crippen molar-refractivity contribution in [3.05, 3.63) is 46.3 Å². The van der Waals surface area contributed by atoms with E-state index in [1.165, 1.54) is 0 Å². The molecular formula is C23H29NO6. The zero-order valence-electron chi connectivity index (χ0n) is 18.0. The molecule has 7 heteroatoms. The molecule has 7 nitrogen and oxygen atoms in total. The van der Waals surface area contributed by atoms with E-state index in [-0.39, 0.29) is 18.3 Å². The third-order valence-corrected chi connectivity index (χ3v) is 5.38. The molecule has 162 valence electrons. The number of esters is 1. The first kappa shape index (κ1) is 21.9. The van der Waals surface area contributed by atoms with Gasteiger partial charge in [-0.1, -0.05) is 13.0 Å². The zero-order chi connectivity index (χ0) is 21.7. The number of carbonyl (C=O) groups is 2. The van der Waals surface area contributed by atoms with Crippen molar-refractivity contribution in [2.75, 3.05) is 34.0 Å². The molecule has 1 aliphatic rings. The molecule has 0 aliphatic heterocycles. The van der Waals surface area contributed by atoms with Crippen LogP contribution in [0.3, 0.4) is 0 Å². The summed E-state index contributed by atoms with van der Waals surface area (Å²) in [6, 6.07) is 5.70. The molecule has 1 atom stereocenters. The molecule has 1 heterocycles. The molecule has 1 aromatic carbocycles. The summed E-state index contributed by atoms with van der Waals surface area (Å²) in [7, 11) is 3.18. The molecule has 0 unspecified atom stereocenters. The molecule has 1 aliphatic carbocycles. The second-order valence-corrected chi connectivity index (χ2v) is 7.37. The number of rotatable bonds is 9. The summed E-state index contributed by atoms with van der Waals surface area (Å²) in [6.45, 7) is 4.99. The monoisotopic (exact) mass is 415 g/mol. The average Bonchev–Trinajstić information content (AvgIpc) is 3.09. The predicted molar refractivity (Wildman–Crippen MR) is 112 cm³/mol. The number of methoxy groups -OCH3 is 2. The second-order valence-electron chi connectivity index (χ2n) is 7.37. The third kappa shape index (κ3) is 4.51. The number of hydrogen-bond donors (Lipinski definition) is 1. The molecule has 0 spiro atoms. The van der Waals surface area contributed by atoms with E-state index in [4.69, 9.17) is 18.9 Å². The van der Waals surface area contributed by atoms with Gasteiger partial charge in [0.15, 0.2) is 17.3 Å². The van der Waals surface area contributed by atoms with Gasteiger partial charge in [0.1, 0.15) is 12.3 Å². The van der Waals surface area contributed by atoms with Crippen LogP contribution in [0.1, 0.15) is 63.4 Å². The lowest BCUT2D eigenvalue weighted by atomic mass is 9.81. The van der Waals surface area contributed by atoms with Crippen molar-refractivity contribution in [2.45, 2.75) is 39.0 Å². The Morgan fingerprint density at radius 1 is 1.10 bits per heavy atom. The molecule has 0 amide bonds. The van der Waals surface area contributed by atoms with Gasteiger partial charge in [0.25, 0.3) is 0 Å². The van der Waals surface area contributed by atoms with Crippen molar-refractivity contribution in [3.63, 3.8) is 0 Å². The van der Waals surface area contributed by atoms with Crippen LogP contribution in [0.5, 0.6) is 11.5 Å². The van der Waals surface area contributed by atoms with Crippen molar-refractivity contribution < 1.29 is 28.5 Å². The maximum atomic E-state index is 12.9. The molecule has 0 saturated heterocycles. The minimum absolute atomic E-state index is 0.00540. The maximum absolute atomic E-state index is 12.9. The molecule has 0 bridgehead atoms. The molecule has 0 fully saturated rings. The van der Waals surface area contributed by atoms with Crippen molar-refractivity contribution >= 4 is 11.8 Å². The summed E-state index contributed by atoms with van der Waals surface area (Å²) < 4.78 is 21.3. The van der Waals surface area contributed by atoms with Crippen LogP contribution in [0.15, 0.2) is 18.2 Å². The highest BCUT2D eigenvalue weighted by Gasteiger charge is 2.32. The Morgan fingerprint density at radius 2 is 1.87 bits per heavy atom. The second kappa shape index (κ2) is 9.80. The number of aromatic amines is 1. The maximum Gasteiger partial charge on any atom is 0.355 e. The van der Waals surface area contributed by atoms with E-state index in [0.29, 0.717) is 54.4 Å². The predicted octanol–water partition coefficient (Wildman–Crippen LogP) is 3.84. The first-order valence-electron chi connectivity index (χ1n) is 10.2. The van der Waals surface area contributed by atoms with E-state index < -0.39 is 5.97 Å². The van der Waals surface area contributed by atoms with Gasteiger partial charge < -0.3 is 23.9 Å². The molecule has 2 aromatic rings. The number of Topliss-reactive ketones (excluding diaryl/α,β-unsaturated/α-hetero) is 1. The van der Waals surface area contributed by atoms with E-state index in [2.05, 4.69) is 4.98 Å². The van der Waals surface area contributed by atoms with Gasteiger partial charge in [-0.2, -0.15) is 0 Å². The van der Waals surface area contributed by atoms with E-state index in [1.807, 2.05) is 25.1 Å². The number of carbonyl (C=O) groups excluding carboxylic acids is 2.